The molecule has 1 heterocycles. The topological polar surface area (TPSA) is 32.9 Å². The number of hydrogen-bond acceptors (Lipinski definition) is 1. The number of Topliss-reactive ketones (excluding diaryl/α,β-unsaturated/α-hetero) is 1. The predicted octanol–water partition coefficient (Wildman–Crippen LogP) is 3.12. The number of fused-ring (bicyclic) bond motifs is 1. The lowest BCUT2D eigenvalue weighted by atomic mass is 9.97. The molecule has 1 aliphatic rings. The fourth-order valence-electron chi connectivity index (χ4n) is 2.48. The van der Waals surface area contributed by atoms with Gasteiger partial charge in [-0.25, -0.2) is 0 Å². The number of ketones is 1. The van der Waals surface area contributed by atoms with Gasteiger partial charge in [-0.15, -0.1) is 0 Å². The van der Waals surface area contributed by atoms with Crippen molar-refractivity contribution in [3.63, 3.8) is 0 Å². The Morgan fingerprint density at radius 3 is 2.71 bits per heavy atom. The summed E-state index contributed by atoms with van der Waals surface area (Å²) in [4.78, 5) is 15.1. The van der Waals surface area contributed by atoms with Crippen molar-refractivity contribution < 1.29 is 4.79 Å². The van der Waals surface area contributed by atoms with Crippen LogP contribution in [0, 0.1) is 0 Å². The number of aryl methyl sites for hydroxylation is 1. The summed E-state index contributed by atoms with van der Waals surface area (Å²) in [7, 11) is 0. The summed E-state index contributed by atoms with van der Waals surface area (Å²) in [6, 6.07) is 12.4. The zero-order valence-electron chi connectivity index (χ0n) is 9.70. The predicted molar refractivity (Wildman–Crippen MR) is 67.3 cm³/mol. The standard InChI is InChI=1S/C15H15NO/c17-15-8-4-7-14-13(15)10-12(16-14)9-11-5-2-1-3-6-11/h1-3,5-6,10,16H,4,7-9H2. The van der Waals surface area contributed by atoms with Crippen molar-refractivity contribution >= 4 is 5.78 Å². The highest BCUT2D eigenvalue weighted by molar-refractivity contribution is 5.98. The molecular formula is C15H15NO. The summed E-state index contributed by atoms with van der Waals surface area (Å²) in [5, 5.41) is 0. The largest absolute Gasteiger partial charge is 0.361 e. The Kier molecular flexibility index (Phi) is 2.56. The van der Waals surface area contributed by atoms with E-state index in [1.807, 2.05) is 24.3 Å². The van der Waals surface area contributed by atoms with Crippen LogP contribution in [0.1, 0.15) is 40.2 Å². The molecule has 0 saturated carbocycles. The number of nitrogens with one attached hydrogen (secondary N) is 1. The second-order valence-corrected chi connectivity index (χ2v) is 4.63. The molecule has 0 spiro atoms. The zero-order valence-corrected chi connectivity index (χ0v) is 9.70. The first-order chi connectivity index (χ1) is 8.33. The molecule has 86 valence electrons. The van der Waals surface area contributed by atoms with Crippen LogP contribution < -0.4 is 0 Å². The molecule has 1 aromatic carbocycles. The Morgan fingerprint density at radius 2 is 1.94 bits per heavy atom. The van der Waals surface area contributed by atoms with Gasteiger partial charge in [-0.2, -0.15) is 0 Å². The number of aromatic nitrogens is 1. The molecule has 2 aromatic rings. The van der Waals surface area contributed by atoms with Gasteiger partial charge in [-0.3, -0.25) is 4.79 Å². The van der Waals surface area contributed by atoms with E-state index < -0.39 is 0 Å². The van der Waals surface area contributed by atoms with Crippen molar-refractivity contribution in [1.82, 2.24) is 4.98 Å². The highest BCUT2D eigenvalue weighted by Gasteiger charge is 2.19. The maximum atomic E-state index is 11.7. The monoisotopic (exact) mass is 225 g/mol. The van der Waals surface area contributed by atoms with Gasteiger partial charge in [0, 0.05) is 29.8 Å². The Hall–Kier alpha value is -1.83. The van der Waals surface area contributed by atoms with Crippen LogP contribution in [0.4, 0.5) is 0 Å². The van der Waals surface area contributed by atoms with Crippen LogP contribution in [-0.2, 0) is 12.8 Å². The van der Waals surface area contributed by atoms with E-state index in [4.69, 9.17) is 0 Å². The number of rotatable bonds is 2. The molecule has 0 amide bonds. The minimum Gasteiger partial charge on any atom is -0.361 e. The Balaban J connectivity index is 1.88. The smallest absolute Gasteiger partial charge is 0.164 e. The second kappa shape index (κ2) is 4.21. The molecule has 0 fully saturated rings. The Bertz CT molecular complexity index is 539. The molecule has 2 nitrogen and oxygen atoms in total. The van der Waals surface area contributed by atoms with E-state index >= 15 is 0 Å². The van der Waals surface area contributed by atoms with E-state index in [-0.39, 0.29) is 0 Å². The van der Waals surface area contributed by atoms with E-state index in [1.165, 1.54) is 5.56 Å². The van der Waals surface area contributed by atoms with Gasteiger partial charge < -0.3 is 4.98 Å². The van der Waals surface area contributed by atoms with Crippen LogP contribution in [0.25, 0.3) is 0 Å². The maximum Gasteiger partial charge on any atom is 0.164 e. The molecule has 0 atom stereocenters. The van der Waals surface area contributed by atoms with Crippen LogP contribution in [0.2, 0.25) is 0 Å². The summed E-state index contributed by atoms with van der Waals surface area (Å²) in [5.41, 5.74) is 4.48. The van der Waals surface area contributed by atoms with E-state index in [9.17, 15) is 4.79 Å². The van der Waals surface area contributed by atoms with E-state index in [1.54, 1.807) is 0 Å². The first kappa shape index (κ1) is 10.3. The van der Waals surface area contributed by atoms with Gasteiger partial charge in [0.1, 0.15) is 0 Å². The molecule has 0 saturated heterocycles. The Labute approximate surface area is 101 Å². The van der Waals surface area contributed by atoms with Crippen molar-refractivity contribution in [3.05, 3.63) is 58.9 Å². The first-order valence-electron chi connectivity index (χ1n) is 6.11. The zero-order chi connectivity index (χ0) is 11.7. The third-order valence-electron chi connectivity index (χ3n) is 3.32. The summed E-state index contributed by atoms with van der Waals surface area (Å²) in [6.45, 7) is 0. The highest BCUT2D eigenvalue weighted by Crippen LogP contribution is 2.22. The first-order valence-corrected chi connectivity index (χ1v) is 6.11. The summed E-state index contributed by atoms with van der Waals surface area (Å²) in [6.07, 6.45) is 3.57. The van der Waals surface area contributed by atoms with Crippen LogP contribution in [0.5, 0.6) is 0 Å². The molecule has 1 aliphatic carbocycles. The average Bonchev–Trinajstić information content (AvgIpc) is 2.74. The van der Waals surface area contributed by atoms with Crippen molar-refractivity contribution in [2.45, 2.75) is 25.7 Å². The van der Waals surface area contributed by atoms with Crippen molar-refractivity contribution in [2.24, 2.45) is 0 Å². The lowest BCUT2D eigenvalue weighted by Gasteiger charge is -2.08. The molecule has 17 heavy (non-hydrogen) atoms. The molecule has 0 radical (unpaired) electrons. The van der Waals surface area contributed by atoms with Gasteiger partial charge in [-0.1, -0.05) is 30.3 Å². The number of benzene rings is 1. The number of hydrogen-bond donors (Lipinski definition) is 1. The van der Waals surface area contributed by atoms with Crippen LogP contribution in [0.3, 0.4) is 0 Å². The van der Waals surface area contributed by atoms with E-state index in [0.717, 1.165) is 36.2 Å². The van der Waals surface area contributed by atoms with E-state index in [2.05, 4.69) is 17.1 Å². The summed E-state index contributed by atoms with van der Waals surface area (Å²) < 4.78 is 0. The minimum atomic E-state index is 0.293. The van der Waals surface area contributed by atoms with Gasteiger partial charge in [0.15, 0.2) is 5.78 Å². The van der Waals surface area contributed by atoms with Crippen molar-refractivity contribution in [1.29, 1.82) is 0 Å². The molecule has 0 aliphatic heterocycles. The number of carbonyl (C=O) groups is 1. The quantitative estimate of drug-likeness (QED) is 0.836. The minimum absolute atomic E-state index is 0.293. The normalized spacial score (nSPS) is 14.7. The number of carbonyl (C=O) groups excluding carboxylic acids is 1. The Morgan fingerprint density at radius 1 is 1.12 bits per heavy atom. The van der Waals surface area contributed by atoms with Gasteiger partial charge in [-0.05, 0) is 24.5 Å². The fraction of sp³-hybridized carbons (Fsp3) is 0.267. The molecular weight excluding hydrogens is 210 g/mol. The van der Waals surface area contributed by atoms with Crippen molar-refractivity contribution in [3.8, 4) is 0 Å². The van der Waals surface area contributed by atoms with Gasteiger partial charge in [0.2, 0.25) is 0 Å². The van der Waals surface area contributed by atoms with E-state index in [0.29, 0.717) is 12.2 Å². The average molecular weight is 225 g/mol. The summed E-state index contributed by atoms with van der Waals surface area (Å²) in [5.74, 6) is 0.293. The molecule has 0 unspecified atom stereocenters. The fourth-order valence-corrected chi connectivity index (χ4v) is 2.48. The number of H-pyrrole nitrogens is 1. The third kappa shape index (κ3) is 2.03. The van der Waals surface area contributed by atoms with Gasteiger partial charge in [0.05, 0.1) is 0 Å². The van der Waals surface area contributed by atoms with Crippen molar-refractivity contribution in [2.75, 3.05) is 0 Å². The highest BCUT2D eigenvalue weighted by atomic mass is 16.1. The maximum absolute atomic E-state index is 11.7. The lowest BCUT2D eigenvalue weighted by Crippen LogP contribution is -2.08. The van der Waals surface area contributed by atoms with Crippen LogP contribution in [-0.4, -0.2) is 10.8 Å². The molecule has 2 heteroatoms. The third-order valence-corrected chi connectivity index (χ3v) is 3.32. The second-order valence-electron chi connectivity index (χ2n) is 4.63. The molecule has 3 rings (SSSR count). The molecule has 1 aromatic heterocycles. The summed E-state index contributed by atoms with van der Waals surface area (Å²) >= 11 is 0. The van der Waals surface area contributed by atoms with Gasteiger partial charge >= 0.3 is 0 Å². The molecule has 1 N–H and O–H groups in total. The van der Waals surface area contributed by atoms with Crippen LogP contribution >= 0.6 is 0 Å². The SMILES string of the molecule is O=C1CCCc2[nH]c(Cc3ccccc3)cc21. The van der Waals surface area contributed by atoms with Crippen LogP contribution in [0.15, 0.2) is 36.4 Å². The van der Waals surface area contributed by atoms with Gasteiger partial charge in [0.25, 0.3) is 0 Å². The molecule has 0 bridgehead atoms. The number of aromatic amines is 1. The lowest BCUT2D eigenvalue weighted by molar-refractivity contribution is 0.0972.